The zero-order valence-corrected chi connectivity index (χ0v) is 20.8. The molecule has 0 spiro atoms. The number of halogens is 1. The number of hydrogen-bond donors (Lipinski definition) is 2. The third-order valence-electron chi connectivity index (χ3n) is 5.26. The van der Waals surface area contributed by atoms with Gasteiger partial charge in [0.1, 0.15) is 0 Å². The summed E-state index contributed by atoms with van der Waals surface area (Å²) >= 11 is 0. The summed E-state index contributed by atoms with van der Waals surface area (Å²) < 4.78 is 0. The Morgan fingerprint density at radius 2 is 1.71 bits per heavy atom. The molecular weight excluding hydrogens is 461 g/mol. The molecule has 0 amide bonds. The number of benzene rings is 1. The fraction of sp³-hybridized carbons (Fsp3) is 0.682. The highest BCUT2D eigenvalue weighted by Gasteiger charge is 2.27. The molecule has 0 bridgehead atoms. The van der Waals surface area contributed by atoms with Crippen molar-refractivity contribution in [3.8, 4) is 0 Å². The summed E-state index contributed by atoms with van der Waals surface area (Å²) in [5.41, 5.74) is 2.77. The predicted octanol–water partition coefficient (Wildman–Crippen LogP) is 3.69. The summed E-state index contributed by atoms with van der Waals surface area (Å²) in [7, 11) is 4.21. The largest absolute Gasteiger partial charge is 0.357 e. The first kappa shape index (κ1) is 25.2. The van der Waals surface area contributed by atoms with Crippen LogP contribution in [0.25, 0.3) is 0 Å². The molecule has 1 aliphatic rings. The number of likely N-dealkylation sites (tertiary alicyclic amines) is 1. The van der Waals surface area contributed by atoms with Gasteiger partial charge in [-0.25, -0.2) is 4.99 Å². The Bertz CT molecular complexity index is 594. The summed E-state index contributed by atoms with van der Waals surface area (Å²) in [5, 5.41) is 6.97. The van der Waals surface area contributed by atoms with Crippen LogP contribution in [0, 0.1) is 0 Å². The second-order valence-corrected chi connectivity index (χ2v) is 8.42. The van der Waals surface area contributed by atoms with E-state index in [-0.39, 0.29) is 29.5 Å². The predicted molar refractivity (Wildman–Crippen MR) is 132 cm³/mol. The maximum atomic E-state index is 4.86. The molecule has 6 heteroatoms. The molecule has 28 heavy (non-hydrogen) atoms. The number of rotatable bonds is 8. The lowest BCUT2D eigenvalue weighted by atomic mass is 9.98. The average Bonchev–Trinajstić information content (AvgIpc) is 2.65. The van der Waals surface area contributed by atoms with E-state index in [9.17, 15) is 0 Å². The van der Waals surface area contributed by atoms with Crippen LogP contribution in [-0.2, 0) is 13.1 Å². The lowest BCUT2D eigenvalue weighted by Crippen LogP contribution is -2.54. The SMILES string of the molecule is CCNC(=NCc1ccccc1CN(C)C)NCC(C)(C)N1CCCCC1.I. The van der Waals surface area contributed by atoms with Crippen LogP contribution in [-0.4, -0.2) is 61.6 Å². The molecule has 2 rings (SSSR count). The van der Waals surface area contributed by atoms with E-state index in [1.807, 2.05) is 0 Å². The Balaban J connectivity index is 0.00000392. The van der Waals surface area contributed by atoms with Gasteiger partial charge in [-0.15, -0.1) is 24.0 Å². The van der Waals surface area contributed by atoms with Crippen molar-refractivity contribution in [1.29, 1.82) is 0 Å². The van der Waals surface area contributed by atoms with Crippen LogP contribution in [0.5, 0.6) is 0 Å². The summed E-state index contributed by atoms with van der Waals surface area (Å²) in [4.78, 5) is 9.67. The summed E-state index contributed by atoms with van der Waals surface area (Å²) in [6, 6.07) is 8.59. The van der Waals surface area contributed by atoms with Gasteiger partial charge in [0.2, 0.25) is 0 Å². The Hall–Kier alpha value is -0.860. The molecule has 1 aromatic rings. The van der Waals surface area contributed by atoms with Crippen LogP contribution in [0.3, 0.4) is 0 Å². The van der Waals surface area contributed by atoms with Crippen molar-refractivity contribution in [2.45, 2.75) is 58.7 Å². The number of nitrogens with zero attached hydrogens (tertiary/aromatic N) is 3. The Morgan fingerprint density at radius 1 is 1.07 bits per heavy atom. The molecule has 0 aliphatic carbocycles. The Morgan fingerprint density at radius 3 is 2.32 bits per heavy atom. The van der Waals surface area contributed by atoms with Crippen molar-refractivity contribution in [2.24, 2.45) is 4.99 Å². The Kier molecular flexibility index (Phi) is 11.4. The van der Waals surface area contributed by atoms with Crippen molar-refractivity contribution < 1.29 is 0 Å². The first-order chi connectivity index (χ1) is 12.9. The molecule has 2 N–H and O–H groups in total. The van der Waals surface area contributed by atoms with E-state index in [1.54, 1.807) is 0 Å². The van der Waals surface area contributed by atoms with Gasteiger partial charge in [-0.05, 0) is 71.9 Å². The van der Waals surface area contributed by atoms with E-state index in [0.717, 1.165) is 25.6 Å². The second kappa shape index (κ2) is 12.6. The lowest BCUT2D eigenvalue weighted by molar-refractivity contribution is 0.0982. The van der Waals surface area contributed by atoms with Gasteiger partial charge in [-0.3, -0.25) is 4.90 Å². The Labute approximate surface area is 189 Å². The van der Waals surface area contributed by atoms with Crippen LogP contribution in [0.15, 0.2) is 29.3 Å². The molecule has 160 valence electrons. The van der Waals surface area contributed by atoms with E-state index < -0.39 is 0 Å². The van der Waals surface area contributed by atoms with Crippen molar-refractivity contribution in [3.05, 3.63) is 35.4 Å². The molecule has 0 aromatic heterocycles. The molecule has 1 heterocycles. The first-order valence-corrected chi connectivity index (χ1v) is 10.4. The molecule has 1 aromatic carbocycles. The molecule has 0 atom stereocenters. The maximum absolute atomic E-state index is 4.86. The highest BCUT2D eigenvalue weighted by Crippen LogP contribution is 2.19. The normalized spacial score (nSPS) is 16.0. The fourth-order valence-electron chi connectivity index (χ4n) is 3.62. The van der Waals surface area contributed by atoms with Crippen molar-refractivity contribution >= 4 is 29.9 Å². The summed E-state index contributed by atoms with van der Waals surface area (Å²) in [6.07, 6.45) is 4.01. The maximum Gasteiger partial charge on any atom is 0.191 e. The van der Waals surface area contributed by atoms with Gasteiger partial charge in [0.25, 0.3) is 0 Å². The van der Waals surface area contributed by atoms with Gasteiger partial charge >= 0.3 is 0 Å². The fourth-order valence-corrected chi connectivity index (χ4v) is 3.62. The van der Waals surface area contributed by atoms with Crippen molar-refractivity contribution in [1.82, 2.24) is 20.4 Å². The summed E-state index contributed by atoms with van der Waals surface area (Å²) in [6.45, 7) is 12.6. The number of guanidine groups is 1. The molecule has 1 aliphatic heterocycles. The zero-order chi connectivity index (χ0) is 19.7. The van der Waals surface area contributed by atoms with Gasteiger partial charge in [0, 0.05) is 25.2 Å². The lowest BCUT2D eigenvalue weighted by Gasteiger charge is -2.41. The van der Waals surface area contributed by atoms with Gasteiger partial charge in [-0.2, -0.15) is 0 Å². The molecule has 5 nitrogen and oxygen atoms in total. The highest BCUT2D eigenvalue weighted by molar-refractivity contribution is 14.0. The second-order valence-electron chi connectivity index (χ2n) is 8.42. The van der Waals surface area contributed by atoms with E-state index in [2.05, 4.69) is 79.6 Å². The first-order valence-electron chi connectivity index (χ1n) is 10.4. The average molecular weight is 502 g/mol. The van der Waals surface area contributed by atoms with Crippen LogP contribution in [0.2, 0.25) is 0 Å². The third kappa shape index (κ3) is 8.25. The minimum absolute atomic E-state index is 0. The van der Waals surface area contributed by atoms with Gasteiger partial charge < -0.3 is 15.5 Å². The van der Waals surface area contributed by atoms with Gasteiger partial charge in [0.05, 0.1) is 6.54 Å². The van der Waals surface area contributed by atoms with E-state index in [0.29, 0.717) is 6.54 Å². The number of hydrogen-bond acceptors (Lipinski definition) is 3. The van der Waals surface area contributed by atoms with E-state index >= 15 is 0 Å². The molecular formula is C22H40IN5. The molecule has 1 fully saturated rings. The van der Waals surface area contributed by atoms with E-state index in [4.69, 9.17) is 4.99 Å². The molecule has 0 radical (unpaired) electrons. The smallest absolute Gasteiger partial charge is 0.191 e. The standard InChI is InChI=1S/C22H39N5.HI/c1-6-23-21(25-18-22(2,3)27-14-10-7-11-15-27)24-16-19-12-8-9-13-20(19)17-26(4)5;/h8-9,12-13H,6-7,10-11,14-18H2,1-5H3,(H2,23,24,25);1H. The van der Waals surface area contributed by atoms with Crippen molar-refractivity contribution in [2.75, 3.05) is 40.3 Å². The molecule has 0 unspecified atom stereocenters. The number of piperidine rings is 1. The topological polar surface area (TPSA) is 42.9 Å². The van der Waals surface area contributed by atoms with Crippen LogP contribution in [0.4, 0.5) is 0 Å². The van der Waals surface area contributed by atoms with Gasteiger partial charge in [-0.1, -0.05) is 30.7 Å². The number of aliphatic imine (C=N–C) groups is 1. The van der Waals surface area contributed by atoms with Crippen LogP contribution in [0.1, 0.15) is 51.2 Å². The quantitative estimate of drug-likeness (QED) is 0.324. The minimum Gasteiger partial charge on any atom is -0.357 e. The van der Waals surface area contributed by atoms with E-state index in [1.165, 1.54) is 43.5 Å². The van der Waals surface area contributed by atoms with Crippen LogP contribution >= 0.6 is 24.0 Å². The zero-order valence-electron chi connectivity index (χ0n) is 18.4. The third-order valence-corrected chi connectivity index (χ3v) is 5.26. The molecule has 0 saturated carbocycles. The molecule has 1 saturated heterocycles. The highest BCUT2D eigenvalue weighted by atomic mass is 127. The van der Waals surface area contributed by atoms with Crippen LogP contribution < -0.4 is 10.6 Å². The summed E-state index contributed by atoms with van der Waals surface area (Å²) in [5.74, 6) is 0.905. The minimum atomic E-state index is 0. The monoisotopic (exact) mass is 501 g/mol. The van der Waals surface area contributed by atoms with Crippen molar-refractivity contribution in [3.63, 3.8) is 0 Å². The number of nitrogens with one attached hydrogen (secondary N) is 2. The van der Waals surface area contributed by atoms with Gasteiger partial charge in [0.15, 0.2) is 5.96 Å².